The number of rotatable bonds is 3. The molecule has 1 fully saturated rings. The van der Waals surface area contributed by atoms with Crippen LogP contribution in [0.1, 0.15) is 26.3 Å². The van der Waals surface area contributed by atoms with Crippen molar-refractivity contribution in [3.63, 3.8) is 0 Å². The van der Waals surface area contributed by atoms with Crippen molar-refractivity contribution in [2.45, 2.75) is 51.0 Å². The maximum atomic E-state index is 12.1. The third-order valence-electron chi connectivity index (χ3n) is 4.62. The van der Waals surface area contributed by atoms with Gasteiger partial charge in [-0.1, -0.05) is 6.07 Å². The fourth-order valence-electron chi connectivity index (χ4n) is 3.40. The van der Waals surface area contributed by atoms with Gasteiger partial charge >= 0.3 is 6.09 Å². The summed E-state index contributed by atoms with van der Waals surface area (Å²) in [5.41, 5.74) is 7.61. The third kappa shape index (κ3) is 4.40. The Labute approximate surface area is 154 Å². The van der Waals surface area contributed by atoms with E-state index >= 15 is 0 Å². The molecule has 0 aliphatic carbocycles. The Morgan fingerprint density at radius 1 is 1.35 bits per heavy atom. The van der Waals surface area contributed by atoms with Crippen molar-refractivity contribution < 1.29 is 19.0 Å². The summed E-state index contributed by atoms with van der Waals surface area (Å²) in [7, 11) is 1.66. The van der Waals surface area contributed by atoms with Gasteiger partial charge in [-0.15, -0.1) is 0 Å². The van der Waals surface area contributed by atoms with E-state index in [2.05, 4.69) is 22.3 Å². The predicted molar refractivity (Wildman–Crippen MR) is 99.8 cm³/mol. The molecule has 3 unspecified atom stereocenters. The molecule has 3 rings (SSSR count). The van der Waals surface area contributed by atoms with Gasteiger partial charge in [0.2, 0.25) is 0 Å². The van der Waals surface area contributed by atoms with Crippen molar-refractivity contribution in [3.05, 3.63) is 23.8 Å². The molecule has 3 atom stereocenters. The van der Waals surface area contributed by atoms with Gasteiger partial charge in [0.05, 0.1) is 12.1 Å². The minimum Gasteiger partial charge on any atom is -0.492 e. The number of fused-ring (bicyclic) bond motifs is 1. The lowest BCUT2D eigenvalue weighted by molar-refractivity contribution is 0.0417. The number of methoxy groups -OCH3 is 1. The number of alkyl carbamates (subject to hydrolysis) is 1. The number of carbonyl (C=O) groups is 1. The van der Waals surface area contributed by atoms with Crippen LogP contribution >= 0.6 is 0 Å². The maximum Gasteiger partial charge on any atom is 0.408 e. The average Bonchev–Trinajstić information content (AvgIpc) is 2.95. The molecule has 0 saturated carbocycles. The molecule has 2 aliphatic heterocycles. The number of amides is 1. The summed E-state index contributed by atoms with van der Waals surface area (Å²) in [5.74, 6) is 0.890. The van der Waals surface area contributed by atoms with Gasteiger partial charge < -0.3 is 30.2 Å². The van der Waals surface area contributed by atoms with Crippen molar-refractivity contribution in [2.75, 3.05) is 31.7 Å². The highest BCUT2D eigenvalue weighted by Gasteiger charge is 2.35. The lowest BCUT2D eigenvalue weighted by Crippen LogP contribution is -2.45. The minimum atomic E-state index is -0.526. The SMILES string of the molecule is COC1CN(c2ccc3c(c2)OCC(N)C3)CC1NC(=O)OC(C)(C)C. The van der Waals surface area contributed by atoms with Gasteiger partial charge in [-0.05, 0) is 38.8 Å². The van der Waals surface area contributed by atoms with Crippen molar-refractivity contribution in [1.29, 1.82) is 0 Å². The van der Waals surface area contributed by atoms with Gasteiger partial charge in [0.1, 0.15) is 18.0 Å². The molecule has 2 heterocycles. The summed E-state index contributed by atoms with van der Waals surface area (Å²) < 4.78 is 16.7. The number of hydrogen-bond donors (Lipinski definition) is 2. The first-order chi connectivity index (χ1) is 12.2. The molecule has 26 heavy (non-hydrogen) atoms. The molecular weight excluding hydrogens is 334 g/mol. The van der Waals surface area contributed by atoms with E-state index in [0.717, 1.165) is 23.4 Å². The lowest BCUT2D eigenvalue weighted by atomic mass is 10.0. The standard InChI is InChI=1S/C19H29N3O4/c1-19(2,3)26-18(23)21-15-9-22(10-17(15)24-4)14-6-5-12-7-13(20)11-25-16(12)8-14/h5-6,8,13,15,17H,7,9-11,20H2,1-4H3,(H,21,23). The Morgan fingerprint density at radius 3 is 2.81 bits per heavy atom. The second kappa shape index (κ2) is 7.32. The van der Waals surface area contributed by atoms with E-state index in [9.17, 15) is 4.79 Å². The van der Waals surface area contributed by atoms with Crippen molar-refractivity contribution in [1.82, 2.24) is 5.32 Å². The van der Waals surface area contributed by atoms with Crippen molar-refractivity contribution in [2.24, 2.45) is 5.73 Å². The van der Waals surface area contributed by atoms with Crippen LogP contribution in [0.2, 0.25) is 0 Å². The van der Waals surface area contributed by atoms with E-state index < -0.39 is 11.7 Å². The van der Waals surface area contributed by atoms with E-state index in [1.807, 2.05) is 26.8 Å². The van der Waals surface area contributed by atoms with Crippen LogP contribution in [0.25, 0.3) is 0 Å². The van der Waals surface area contributed by atoms with E-state index in [0.29, 0.717) is 19.7 Å². The zero-order valence-corrected chi connectivity index (χ0v) is 16.0. The van der Waals surface area contributed by atoms with Crippen LogP contribution in [0.5, 0.6) is 5.75 Å². The molecule has 1 aromatic rings. The predicted octanol–water partition coefficient (Wildman–Crippen LogP) is 1.68. The van der Waals surface area contributed by atoms with E-state index in [-0.39, 0.29) is 18.2 Å². The molecule has 7 nitrogen and oxygen atoms in total. The number of ether oxygens (including phenoxy) is 3. The Morgan fingerprint density at radius 2 is 2.12 bits per heavy atom. The molecule has 1 amide bonds. The fraction of sp³-hybridized carbons (Fsp3) is 0.632. The highest BCUT2D eigenvalue weighted by atomic mass is 16.6. The number of nitrogens with one attached hydrogen (secondary N) is 1. The zero-order valence-electron chi connectivity index (χ0n) is 16.0. The van der Waals surface area contributed by atoms with E-state index in [1.54, 1.807) is 7.11 Å². The van der Waals surface area contributed by atoms with Crippen LogP contribution < -0.4 is 20.7 Å². The van der Waals surface area contributed by atoms with Crippen molar-refractivity contribution in [3.8, 4) is 5.75 Å². The van der Waals surface area contributed by atoms with Crippen LogP contribution in [-0.2, 0) is 15.9 Å². The normalized spacial score (nSPS) is 25.4. The van der Waals surface area contributed by atoms with Gasteiger partial charge in [0.15, 0.2) is 0 Å². The Hall–Kier alpha value is -1.99. The molecule has 1 saturated heterocycles. The highest BCUT2D eigenvalue weighted by molar-refractivity contribution is 5.68. The monoisotopic (exact) mass is 363 g/mol. The number of nitrogens with two attached hydrogens (primary N) is 1. The largest absolute Gasteiger partial charge is 0.492 e. The van der Waals surface area contributed by atoms with E-state index in [1.165, 1.54) is 0 Å². The topological polar surface area (TPSA) is 86.0 Å². The van der Waals surface area contributed by atoms with Gasteiger partial charge in [0.25, 0.3) is 0 Å². The summed E-state index contributed by atoms with van der Waals surface area (Å²) in [6.07, 6.45) is 0.307. The molecule has 0 radical (unpaired) electrons. The first kappa shape index (κ1) is 18.8. The second-order valence-corrected chi connectivity index (χ2v) is 8.00. The highest BCUT2D eigenvalue weighted by Crippen LogP contribution is 2.31. The summed E-state index contributed by atoms with van der Waals surface area (Å²) in [5, 5.41) is 2.93. The van der Waals surface area contributed by atoms with Crippen LogP contribution in [0.4, 0.5) is 10.5 Å². The maximum absolute atomic E-state index is 12.1. The third-order valence-corrected chi connectivity index (χ3v) is 4.62. The summed E-state index contributed by atoms with van der Waals surface area (Å²) in [6.45, 7) is 7.42. The van der Waals surface area contributed by atoms with Crippen LogP contribution in [0, 0.1) is 0 Å². The molecule has 7 heteroatoms. The average molecular weight is 363 g/mol. The Balaban J connectivity index is 1.68. The quantitative estimate of drug-likeness (QED) is 0.850. The van der Waals surface area contributed by atoms with Gasteiger partial charge in [-0.2, -0.15) is 0 Å². The second-order valence-electron chi connectivity index (χ2n) is 8.00. The van der Waals surface area contributed by atoms with Crippen molar-refractivity contribution >= 4 is 11.8 Å². The first-order valence-corrected chi connectivity index (χ1v) is 9.04. The van der Waals surface area contributed by atoms with Crippen LogP contribution in [-0.4, -0.2) is 56.7 Å². The number of anilines is 1. The van der Waals surface area contributed by atoms with Gasteiger partial charge in [0, 0.05) is 38.0 Å². The summed E-state index contributed by atoms with van der Waals surface area (Å²) in [4.78, 5) is 14.3. The molecule has 0 bridgehead atoms. The number of carbonyl (C=O) groups excluding carboxylic acids is 1. The van der Waals surface area contributed by atoms with Gasteiger partial charge in [-0.25, -0.2) is 4.79 Å². The Kier molecular flexibility index (Phi) is 5.29. The molecular formula is C19H29N3O4. The Bertz CT molecular complexity index is 659. The van der Waals surface area contributed by atoms with Crippen LogP contribution in [0.15, 0.2) is 18.2 Å². The fourth-order valence-corrected chi connectivity index (χ4v) is 3.40. The van der Waals surface area contributed by atoms with E-state index in [4.69, 9.17) is 19.9 Å². The number of benzene rings is 1. The molecule has 2 aliphatic rings. The lowest BCUT2D eigenvalue weighted by Gasteiger charge is -2.25. The summed E-state index contributed by atoms with van der Waals surface area (Å²) in [6, 6.07) is 6.10. The minimum absolute atomic E-state index is 0.0559. The smallest absolute Gasteiger partial charge is 0.408 e. The number of hydrogen-bond acceptors (Lipinski definition) is 6. The van der Waals surface area contributed by atoms with Crippen LogP contribution in [0.3, 0.4) is 0 Å². The first-order valence-electron chi connectivity index (χ1n) is 9.04. The molecule has 0 spiro atoms. The molecule has 144 valence electrons. The van der Waals surface area contributed by atoms with Gasteiger partial charge in [-0.3, -0.25) is 0 Å². The molecule has 0 aromatic heterocycles. The molecule has 1 aromatic carbocycles. The molecule has 3 N–H and O–H groups in total. The number of nitrogens with zero attached hydrogens (tertiary/aromatic N) is 1. The summed E-state index contributed by atoms with van der Waals surface area (Å²) >= 11 is 0. The zero-order chi connectivity index (χ0) is 18.9.